The molecule has 3 atom stereocenters. The number of carboxylic acids is 1. The molecule has 6 nitrogen and oxygen atoms in total. The molecule has 0 aliphatic heterocycles. The van der Waals surface area contributed by atoms with E-state index in [4.69, 9.17) is 15.9 Å². The van der Waals surface area contributed by atoms with Gasteiger partial charge in [-0.2, -0.15) is 0 Å². The van der Waals surface area contributed by atoms with Gasteiger partial charge in [0, 0.05) is 25.0 Å². The molecule has 18 heavy (non-hydrogen) atoms. The van der Waals surface area contributed by atoms with Crippen molar-refractivity contribution in [3.63, 3.8) is 0 Å². The standard InChI is InChI=1S/C12H24N2O4/c1-8(4-3-5-9(2)13)11(16)14-10(6-7-15)12(17)18/h8-10,15H,3-7,13H2,1-2H3,(H,14,16)(H,17,18). The number of aliphatic hydroxyl groups excluding tert-OH is 1. The van der Waals surface area contributed by atoms with Gasteiger partial charge in [0.1, 0.15) is 6.04 Å². The van der Waals surface area contributed by atoms with E-state index < -0.39 is 12.0 Å². The maximum atomic E-state index is 11.7. The van der Waals surface area contributed by atoms with Gasteiger partial charge in [0.15, 0.2) is 0 Å². The van der Waals surface area contributed by atoms with Crippen LogP contribution in [0.4, 0.5) is 0 Å². The number of nitrogens with two attached hydrogens (primary N) is 1. The monoisotopic (exact) mass is 260 g/mol. The lowest BCUT2D eigenvalue weighted by molar-refractivity contribution is -0.142. The number of hydrogen-bond donors (Lipinski definition) is 4. The molecule has 0 spiro atoms. The first kappa shape index (κ1) is 16.9. The molecule has 1 amide bonds. The van der Waals surface area contributed by atoms with Crippen molar-refractivity contribution in [3.05, 3.63) is 0 Å². The van der Waals surface area contributed by atoms with Crippen molar-refractivity contribution in [2.24, 2.45) is 11.7 Å². The highest BCUT2D eigenvalue weighted by molar-refractivity contribution is 5.84. The lowest BCUT2D eigenvalue weighted by atomic mass is 10.0. The zero-order valence-electron chi connectivity index (χ0n) is 11.1. The van der Waals surface area contributed by atoms with Gasteiger partial charge < -0.3 is 21.3 Å². The van der Waals surface area contributed by atoms with Crippen molar-refractivity contribution < 1.29 is 19.8 Å². The summed E-state index contributed by atoms with van der Waals surface area (Å²) in [6, 6.07) is -0.903. The molecule has 0 saturated carbocycles. The van der Waals surface area contributed by atoms with Crippen LogP contribution in [0.5, 0.6) is 0 Å². The number of nitrogens with one attached hydrogen (secondary N) is 1. The van der Waals surface area contributed by atoms with Gasteiger partial charge in [0.2, 0.25) is 5.91 Å². The summed E-state index contributed by atoms with van der Waals surface area (Å²) < 4.78 is 0. The van der Waals surface area contributed by atoms with Crippen LogP contribution >= 0.6 is 0 Å². The number of amides is 1. The number of aliphatic carboxylic acids is 1. The average Bonchev–Trinajstić information content (AvgIpc) is 2.27. The Balaban J connectivity index is 4.08. The second kappa shape index (κ2) is 8.88. The van der Waals surface area contributed by atoms with E-state index in [9.17, 15) is 9.59 Å². The second-order valence-electron chi connectivity index (χ2n) is 4.72. The van der Waals surface area contributed by atoms with Gasteiger partial charge in [-0.25, -0.2) is 4.79 Å². The Kier molecular flexibility index (Phi) is 8.32. The molecule has 0 heterocycles. The third kappa shape index (κ3) is 7.24. The first-order valence-electron chi connectivity index (χ1n) is 6.28. The molecule has 6 heteroatoms. The number of hydrogen-bond acceptors (Lipinski definition) is 4. The molecule has 0 radical (unpaired) electrons. The zero-order chi connectivity index (χ0) is 14.1. The quantitative estimate of drug-likeness (QED) is 0.469. The zero-order valence-corrected chi connectivity index (χ0v) is 11.1. The van der Waals surface area contributed by atoms with Crippen LogP contribution in [0.15, 0.2) is 0 Å². The van der Waals surface area contributed by atoms with E-state index in [0.717, 1.165) is 12.8 Å². The van der Waals surface area contributed by atoms with Crippen LogP contribution in [0.1, 0.15) is 39.5 Å². The molecule has 0 aliphatic rings. The normalized spacial score (nSPS) is 15.8. The Hall–Kier alpha value is -1.14. The smallest absolute Gasteiger partial charge is 0.326 e. The van der Waals surface area contributed by atoms with Crippen LogP contribution < -0.4 is 11.1 Å². The Morgan fingerprint density at radius 1 is 1.22 bits per heavy atom. The van der Waals surface area contributed by atoms with Gasteiger partial charge in [0.25, 0.3) is 0 Å². The van der Waals surface area contributed by atoms with Crippen LogP contribution in [0.25, 0.3) is 0 Å². The van der Waals surface area contributed by atoms with Gasteiger partial charge in [0.05, 0.1) is 0 Å². The summed E-state index contributed by atoms with van der Waals surface area (Å²) >= 11 is 0. The number of carbonyl (C=O) groups is 2. The van der Waals surface area contributed by atoms with Crippen molar-refractivity contribution in [3.8, 4) is 0 Å². The Morgan fingerprint density at radius 2 is 1.83 bits per heavy atom. The first-order valence-corrected chi connectivity index (χ1v) is 6.28. The molecular weight excluding hydrogens is 236 g/mol. The van der Waals surface area contributed by atoms with Crippen LogP contribution in [-0.2, 0) is 9.59 Å². The van der Waals surface area contributed by atoms with Gasteiger partial charge in [-0.1, -0.05) is 13.3 Å². The highest BCUT2D eigenvalue weighted by atomic mass is 16.4. The maximum absolute atomic E-state index is 11.7. The van der Waals surface area contributed by atoms with E-state index in [1.165, 1.54) is 0 Å². The molecule has 0 aromatic heterocycles. The van der Waals surface area contributed by atoms with E-state index in [-0.39, 0.29) is 30.9 Å². The highest BCUT2D eigenvalue weighted by Gasteiger charge is 2.22. The molecule has 0 fully saturated rings. The summed E-state index contributed by atoms with van der Waals surface area (Å²) in [5, 5.41) is 20.0. The molecule has 0 bridgehead atoms. The van der Waals surface area contributed by atoms with E-state index in [1.54, 1.807) is 6.92 Å². The third-order valence-corrected chi connectivity index (χ3v) is 2.78. The molecule has 0 rings (SSSR count). The summed E-state index contributed by atoms with van der Waals surface area (Å²) in [5.41, 5.74) is 5.61. The van der Waals surface area contributed by atoms with Crippen molar-refractivity contribution in [2.75, 3.05) is 6.61 Å². The minimum Gasteiger partial charge on any atom is -0.480 e. The molecule has 0 aliphatic carbocycles. The van der Waals surface area contributed by atoms with E-state index >= 15 is 0 Å². The van der Waals surface area contributed by atoms with Crippen LogP contribution in [0.2, 0.25) is 0 Å². The molecular formula is C12H24N2O4. The maximum Gasteiger partial charge on any atom is 0.326 e. The van der Waals surface area contributed by atoms with Gasteiger partial charge >= 0.3 is 5.97 Å². The molecule has 3 unspecified atom stereocenters. The predicted molar refractivity (Wildman–Crippen MR) is 67.9 cm³/mol. The van der Waals surface area contributed by atoms with Crippen LogP contribution in [-0.4, -0.2) is 40.8 Å². The minimum absolute atomic E-state index is 0.0215. The lowest BCUT2D eigenvalue weighted by Crippen LogP contribution is -2.43. The van der Waals surface area contributed by atoms with Crippen molar-refractivity contribution in [2.45, 2.75) is 51.6 Å². The molecule has 106 valence electrons. The van der Waals surface area contributed by atoms with Crippen molar-refractivity contribution in [1.82, 2.24) is 5.32 Å². The summed E-state index contributed by atoms with van der Waals surface area (Å²) in [7, 11) is 0. The highest BCUT2D eigenvalue weighted by Crippen LogP contribution is 2.09. The number of carboxylic acid groups (broad SMARTS) is 1. The summed E-state index contributed by atoms with van der Waals surface area (Å²) in [4.78, 5) is 22.5. The van der Waals surface area contributed by atoms with Gasteiger partial charge in [-0.3, -0.25) is 4.79 Å². The SMILES string of the molecule is CC(N)CCCC(C)C(=O)NC(CCO)C(=O)O. The number of carbonyl (C=O) groups excluding carboxylic acids is 1. The predicted octanol–water partition coefficient (Wildman–Crippen LogP) is 0.0918. The van der Waals surface area contributed by atoms with Gasteiger partial charge in [-0.05, 0) is 19.8 Å². The summed E-state index contributed by atoms with van der Waals surface area (Å²) in [6.45, 7) is 3.40. The van der Waals surface area contributed by atoms with Crippen LogP contribution in [0.3, 0.4) is 0 Å². The van der Waals surface area contributed by atoms with Crippen molar-refractivity contribution >= 4 is 11.9 Å². The molecule has 5 N–H and O–H groups in total. The van der Waals surface area contributed by atoms with E-state index in [2.05, 4.69) is 5.32 Å². The third-order valence-electron chi connectivity index (χ3n) is 2.78. The minimum atomic E-state index is -1.12. The number of aliphatic hydroxyl groups is 1. The topological polar surface area (TPSA) is 113 Å². The van der Waals surface area contributed by atoms with Crippen molar-refractivity contribution in [1.29, 1.82) is 0 Å². The fraction of sp³-hybridized carbons (Fsp3) is 0.833. The van der Waals surface area contributed by atoms with Crippen LogP contribution in [0, 0.1) is 5.92 Å². The fourth-order valence-electron chi connectivity index (χ4n) is 1.58. The Bertz CT molecular complexity index is 269. The molecule has 0 aromatic carbocycles. The Morgan fingerprint density at radius 3 is 2.28 bits per heavy atom. The largest absolute Gasteiger partial charge is 0.480 e. The first-order chi connectivity index (χ1) is 8.38. The van der Waals surface area contributed by atoms with Gasteiger partial charge in [-0.15, -0.1) is 0 Å². The molecule has 0 aromatic rings. The fourth-order valence-corrected chi connectivity index (χ4v) is 1.58. The molecule has 0 saturated heterocycles. The van der Waals surface area contributed by atoms with E-state index in [1.807, 2.05) is 6.92 Å². The van der Waals surface area contributed by atoms with E-state index in [0.29, 0.717) is 6.42 Å². The number of rotatable bonds is 9. The average molecular weight is 260 g/mol. The Labute approximate surface area is 108 Å². The summed E-state index contributed by atoms with van der Waals surface area (Å²) in [5.74, 6) is -1.66. The second-order valence-corrected chi connectivity index (χ2v) is 4.72. The lowest BCUT2D eigenvalue weighted by Gasteiger charge is -2.17. The summed E-state index contributed by atoms with van der Waals surface area (Å²) in [6.07, 6.45) is 2.38.